The van der Waals surface area contributed by atoms with E-state index in [0.717, 1.165) is 20.6 Å². The molecule has 0 amide bonds. The van der Waals surface area contributed by atoms with Gasteiger partial charge in [-0.1, -0.05) is 31.9 Å². The molecule has 0 heterocycles. The van der Waals surface area contributed by atoms with Crippen molar-refractivity contribution in [2.75, 3.05) is 0 Å². The van der Waals surface area contributed by atoms with Gasteiger partial charge in [0, 0.05) is 20.6 Å². The summed E-state index contributed by atoms with van der Waals surface area (Å²) in [5, 5.41) is 0. The van der Waals surface area contributed by atoms with Crippen LogP contribution in [0.3, 0.4) is 0 Å². The van der Waals surface area contributed by atoms with Crippen LogP contribution in [-0.2, 0) is 0 Å². The Hall–Kier alpha value is -0.780. The second-order valence-corrected chi connectivity index (χ2v) is 6.13. The van der Waals surface area contributed by atoms with E-state index in [1.807, 2.05) is 18.2 Å². The van der Waals surface area contributed by atoms with Crippen molar-refractivity contribution >= 4 is 31.9 Å². The summed E-state index contributed by atoms with van der Waals surface area (Å²) in [6.07, 6.45) is 0. The highest BCUT2D eigenvalue weighted by Crippen LogP contribution is 2.29. The number of halogens is 4. The molecule has 0 aliphatic carbocycles. The van der Waals surface area contributed by atoms with Crippen molar-refractivity contribution in [1.82, 2.24) is 0 Å². The molecule has 100 valence electrons. The highest BCUT2D eigenvalue weighted by molar-refractivity contribution is 9.11. The molecule has 1 unspecified atom stereocenters. The van der Waals surface area contributed by atoms with Gasteiger partial charge in [0.1, 0.15) is 11.6 Å². The van der Waals surface area contributed by atoms with Gasteiger partial charge in [-0.25, -0.2) is 8.78 Å². The first-order chi connectivity index (χ1) is 8.88. The quantitative estimate of drug-likeness (QED) is 0.779. The number of rotatable bonds is 2. The normalized spacial score (nSPS) is 12.5. The van der Waals surface area contributed by atoms with Crippen LogP contribution in [0.5, 0.6) is 0 Å². The largest absolute Gasteiger partial charge is 0.320 e. The minimum Gasteiger partial charge on any atom is -0.320 e. The van der Waals surface area contributed by atoms with E-state index in [0.29, 0.717) is 5.56 Å². The molecule has 2 N–H and O–H groups in total. The standard InChI is InChI=1S/C14H11Br2F2N/c1-7-2-11(13(18)6-12(7)17)14(19)8-3-9(15)5-10(16)4-8/h2-6,14H,19H2,1H3. The third kappa shape index (κ3) is 3.22. The van der Waals surface area contributed by atoms with Gasteiger partial charge >= 0.3 is 0 Å². The van der Waals surface area contributed by atoms with Gasteiger partial charge in [0.25, 0.3) is 0 Å². The maximum Gasteiger partial charge on any atom is 0.131 e. The summed E-state index contributed by atoms with van der Waals surface area (Å²) < 4.78 is 28.8. The molecule has 1 nitrogen and oxygen atoms in total. The van der Waals surface area contributed by atoms with E-state index in [1.54, 1.807) is 6.92 Å². The Labute approximate surface area is 127 Å². The number of nitrogens with two attached hydrogens (primary N) is 1. The first-order valence-corrected chi connectivity index (χ1v) is 7.14. The molecule has 0 aromatic heterocycles. The second kappa shape index (κ2) is 5.69. The van der Waals surface area contributed by atoms with E-state index in [-0.39, 0.29) is 5.56 Å². The van der Waals surface area contributed by atoms with Gasteiger partial charge in [-0.15, -0.1) is 0 Å². The van der Waals surface area contributed by atoms with Gasteiger partial charge < -0.3 is 5.73 Å². The molecule has 2 rings (SSSR count). The molecular weight excluding hydrogens is 380 g/mol. The molecule has 19 heavy (non-hydrogen) atoms. The van der Waals surface area contributed by atoms with E-state index in [1.165, 1.54) is 6.07 Å². The van der Waals surface area contributed by atoms with E-state index in [2.05, 4.69) is 31.9 Å². The molecule has 0 saturated heterocycles. The van der Waals surface area contributed by atoms with Crippen molar-refractivity contribution < 1.29 is 8.78 Å². The smallest absolute Gasteiger partial charge is 0.131 e. The van der Waals surface area contributed by atoms with Crippen molar-refractivity contribution in [2.45, 2.75) is 13.0 Å². The van der Waals surface area contributed by atoms with Crippen molar-refractivity contribution in [1.29, 1.82) is 0 Å². The first kappa shape index (κ1) is 14.6. The summed E-state index contributed by atoms with van der Waals surface area (Å²) >= 11 is 6.72. The molecule has 5 heteroatoms. The number of hydrogen-bond acceptors (Lipinski definition) is 1. The molecule has 0 fully saturated rings. The van der Waals surface area contributed by atoms with E-state index in [9.17, 15) is 8.78 Å². The van der Waals surface area contributed by atoms with Crippen LogP contribution in [0.25, 0.3) is 0 Å². The van der Waals surface area contributed by atoms with Crippen LogP contribution >= 0.6 is 31.9 Å². The fourth-order valence-corrected chi connectivity index (χ4v) is 3.18. The number of hydrogen-bond donors (Lipinski definition) is 1. The fraction of sp³-hybridized carbons (Fsp3) is 0.143. The van der Waals surface area contributed by atoms with Crippen molar-refractivity contribution in [2.24, 2.45) is 5.73 Å². The number of benzene rings is 2. The topological polar surface area (TPSA) is 26.0 Å². The molecule has 2 aromatic carbocycles. The van der Waals surface area contributed by atoms with Crippen LogP contribution in [0, 0.1) is 18.6 Å². The van der Waals surface area contributed by atoms with Gasteiger partial charge in [-0.05, 0) is 42.3 Å². The predicted octanol–water partition coefficient (Wildman–Crippen LogP) is 4.85. The zero-order valence-corrected chi connectivity index (χ0v) is 13.2. The maximum absolute atomic E-state index is 13.8. The van der Waals surface area contributed by atoms with Gasteiger partial charge in [0.05, 0.1) is 6.04 Å². The third-order valence-corrected chi connectivity index (χ3v) is 3.77. The predicted molar refractivity (Wildman–Crippen MR) is 79.0 cm³/mol. The lowest BCUT2D eigenvalue weighted by molar-refractivity contribution is 0.561. The van der Waals surface area contributed by atoms with E-state index < -0.39 is 17.7 Å². The summed E-state index contributed by atoms with van der Waals surface area (Å²) in [6.45, 7) is 1.59. The zero-order valence-electron chi connectivity index (χ0n) is 10.1. The molecule has 0 saturated carbocycles. The zero-order chi connectivity index (χ0) is 14.2. The molecule has 0 aliphatic rings. The summed E-state index contributed by atoms with van der Waals surface area (Å²) in [4.78, 5) is 0. The maximum atomic E-state index is 13.8. The molecule has 0 radical (unpaired) electrons. The molecule has 0 bridgehead atoms. The van der Waals surface area contributed by atoms with E-state index >= 15 is 0 Å². The Morgan fingerprint density at radius 1 is 0.947 bits per heavy atom. The second-order valence-electron chi connectivity index (χ2n) is 4.30. The van der Waals surface area contributed by atoms with Crippen LogP contribution < -0.4 is 5.73 Å². The Bertz CT molecular complexity index is 609. The Balaban J connectivity index is 2.49. The van der Waals surface area contributed by atoms with Crippen LogP contribution in [0.4, 0.5) is 8.78 Å². The van der Waals surface area contributed by atoms with Gasteiger partial charge in [0.2, 0.25) is 0 Å². The summed E-state index contributed by atoms with van der Waals surface area (Å²) in [5.74, 6) is -1.20. The molecule has 1 atom stereocenters. The fourth-order valence-electron chi connectivity index (χ4n) is 1.85. The minimum atomic E-state index is -0.645. The summed E-state index contributed by atoms with van der Waals surface area (Å²) in [7, 11) is 0. The SMILES string of the molecule is Cc1cc(C(N)c2cc(Br)cc(Br)c2)c(F)cc1F. The van der Waals surface area contributed by atoms with E-state index in [4.69, 9.17) is 5.73 Å². The molecule has 0 spiro atoms. The lowest BCUT2D eigenvalue weighted by Gasteiger charge is -2.15. The van der Waals surface area contributed by atoms with Crippen LogP contribution in [0.2, 0.25) is 0 Å². The van der Waals surface area contributed by atoms with Crippen LogP contribution in [0.15, 0.2) is 39.3 Å². The van der Waals surface area contributed by atoms with Crippen molar-refractivity contribution in [3.05, 3.63) is 67.6 Å². The van der Waals surface area contributed by atoms with Crippen LogP contribution in [-0.4, -0.2) is 0 Å². The van der Waals surface area contributed by atoms with Crippen molar-refractivity contribution in [3.8, 4) is 0 Å². The highest BCUT2D eigenvalue weighted by atomic mass is 79.9. The summed E-state index contributed by atoms with van der Waals surface area (Å²) in [5.41, 5.74) is 7.47. The molecule has 0 aliphatic heterocycles. The number of aryl methyl sites for hydroxylation is 1. The average Bonchev–Trinajstić information content (AvgIpc) is 2.31. The lowest BCUT2D eigenvalue weighted by atomic mass is 9.97. The molecular formula is C14H11Br2F2N. The Morgan fingerprint density at radius 3 is 2.11 bits per heavy atom. The third-order valence-electron chi connectivity index (χ3n) is 2.86. The van der Waals surface area contributed by atoms with Gasteiger partial charge in [-0.2, -0.15) is 0 Å². The monoisotopic (exact) mass is 389 g/mol. The Kier molecular flexibility index (Phi) is 4.38. The van der Waals surface area contributed by atoms with Crippen LogP contribution in [0.1, 0.15) is 22.7 Å². The van der Waals surface area contributed by atoms with Crippen molar-refractivity contribution in [3.63, 3.8) is 0 Å². The Morgan fingerprint density at radius 2 is 1.53 bits per heavy atom. The summed E-state index contributed by atoms with van der Waals surface area (Å²) in [6, 6.07) is 7.17. The highest BCUT2D eigenvalue weighted by Gasteiger charge is 2.16. The van der Waals surface area contributed by atoms with Gasteiger partial charge in [0.15, 0.2) is 0 Å². The molecule has 2 aromatic rings. The first-order valence-electron chi connectivity index (χ1n) is 5.55. The average molecular weight is 391 g/mol. The minimum absolute atomic E-state index is 0.281. The lowest BCUT2D eigenvalue weighted by Crippen LogP contribution is -2.14. The van der Waals surface area contributed by atoms with Gasteiger partial charge in [-0.3, -0.25) is 0 Å².